The van der Waals surface area contributed by atoms with Crippen molar-refractivity contribution in [2.75, 3.05) is 44.7 Å². The van der Waals surface area contributed by atoms with Gasteiger partial charge in [-0.05, 0) is 17.7 Å². The van der Waals surface area contributed by atoms with Gasteiger partial charge < -0.3 is 14.7 Å². The van der Waals surface area contributed by atoms with Crippen molar-refractivity contribution in [2.24, 2.45) is 0 Å². The van der Waals surface area contributed by atoms with Gasteiger partial charge in [0.1, 0.15) is 5.82 Å². The average molecular weight is 369 g/mol. The van der Waals surface area contributed by atoms with Crippen LogP contribution in [0.3, 0.4) is 0 Å². The van der Waals surface area contributed by atoms with E-state index < -0.39 is 5.97 Å². The molecule has 0 atom stereocenters. The minimum absolute atomic E-state index is 0. The molecule has 0 bridgehead atoms. The minimum atomic E-state index is -1.01. The third-order valence-corrected chi connectivity index (χ3v) is 4.07. The molecule has 8 nitrogen and oxygen atoms in total. The monoisotopic (exact) mass is 368 g/mol. The minimum Gasteiger partial charge on any atom is -0.478 e. The van der Waals surface area contributed by atoms with Gasteiger partial charge in [0, 0.05) is 44.0 Å². The van der Waals surface area contributed by atoms with E-state index in [9.17, 15) is 9.59 Å². The maximum Gasteiger partial charge on any atom is 0.328 e. The summed E-state index contributed by atoms with van der Waals surface area (Å²) in [5, 5.41) is 11.5. The molecule has 2 aliphatic rings. The van der Waals surface area contributed by atoms with Crippen LogP contribution in [0.1, 0.15) is 11.1 Å². The van der Waals surface area contributed by atoms with Crippen molar-refractivity contribution < 1.29 is 19.4 Å². The van der Waals surface area contributed by atoms with Gasteiger partial charge in [-0.25, -0.2) is 14.6 Å². The molecule has 3 heterocycles. The topological polar surface area (TPSA) is 95.0 Å². The van der Waals surface area contributed by atoms with Crippen LogP contribution in [0.5, 0.6) is 0 Å². The summed E-state index contributed by atoms with van der Waals surface area (Å²) < 4.78 is 5.32. The summed E-state index contributed by atoms with van der Waals surface area (Å²) in [5.41, 5.74) is 1.57. The Morgan fingerprint density at radius 3 is 2.84 bits per heavy atom. The molecule has 0 aromatic carbocycles. The van der Waals surface area contributed by atoms with Crippen molar-refractivity contribution in [2.45, 2.75) is 6.54 Å². The summed E-state index contributed by atoms with van der Waals surface area (Å²) in [6.45, 7) is 5.14. The number of hydrogen-bond acceptors (Lipinski definition) is 5. The van der Waals surface area contributed by atoms with Gasteiger partial charge in [-0.15, -0.1) is 12.4 Å². The SMILES string of the molecule is Cl.O=C(O)C=Cc1cnc2c(c1)CN(CCN1CCOCC1)C(=O)N2. The number of anilines is 1. The lowest BCUT2D eigenvalue weighted by Gasteiger charge is -2.32. The van der Waals surface area contributed by atoms with Crippen molar-refractivity contribution in [1.82, 2.24) is 14.8 Å². The molecule has 1 fully saturated rings. The van der Waals surface area contributed by atoms with Gasteiger partial charge in [0.2, 0.25) is 0 Å². The number of pyridine rings is 1. The summed E-state index contributed by atoms with van der Waals surface area (Å²) in [6, 6.07) is 1.69. The van der Waals surface area contributed by atoms with E-state index >= 15 is 0 Å². The molecule has 9 heteroatoms. The van der Waals surface area contributed by atoms with Crippen LogP contribution in [0, 0.1) is 0 Å². The number of halogens is 1. The predicted octanol–water partition coefficient (Wildman–Crippen LogP) is 1.28. The summed E-state index contributed by atoms with van der Waals surface area (Å²) >= 11 is 0. The molecule has 1 aromatic rings. The summed E-state index contributed by atoms with van der Waals surface area (Å²) in [5.74, 6) is -0.469. The van der Waals surface area contributed by atoms with Gasteiger partial charge in [-0.3, -0.25) is 10.2 Å². The quantitative estimate of drug-likeness (QED) is 0.760. The summed E-state index contributed by atoms with van der Waals surface area (Å²) in [4.78, 5) is 31.0. The number of aromatic nitrogens is 1. The van der Waals surface area contributed by atoms with E-state index in [0.717, 1.165) is 44.5 Å². The number of carboxylic acid groups (broad SMARTS) is 1. The third kappa shape index (κ3) is 5.15. The van der Waals surface area contributed by atoms with Gasteiger partial charge in [0.15, 0.2) is 0 Å². The molecular weight excluding hydrogens is 348 g/mol. The number of carbonyl (C=O) groups is 2. The van der Waals surface area contributed by atoms with Crippen LogP contribution in [-0.4, -0.2) is 71.3 Å². The van der Waals surface area contributed by atoms with E-state index in [1.165, 1.54) is 6.08 Å². The zero-order valence-electron chi connectivity index (χ0n) is 13.7. The average Bonchev–Trinajstić information content (AvgIpc) is 2.59. The van der Waals surface area contributed by atoms with Crippen molar-refractivity contribution in [1.29, 1.82) is 0 Å². The first-order chi connectivity index (χ1) is 11.6. The zero-order valence-corrected chi connectivity index (χ0v) is 14.5. The maximum atomic E-state index is 12.2. The largest absolute Gasteiger partial charge is 0.478 e. The lowest BCUT2D eigenvalue weighted by Crippen LogP contribution is -2.45. The van der Waals surface area contributed by atoms with Crippen LogP contribution in [0.2, 0.25) is 0 Å². The Labute approximate surface area is 151 Å². The molecule has 1 saturated heterocycles. The molecule has 2 aliphatic heterocycles. The number of amides is 2. The Bertz CT molecular complexity index is 662. The zero-order chi connectivity index (χ0) is 16.9. The number of urea groups is 1. The number of rotatable bonds is 5. The van der Waals surface area contributed by atoms with Crippen molar-refractivity contribution in [3.8, 4) is 0 Å². The maximum absolute atomic E-state index is 12.2. The Morgan fingerprint density at radius 2 is 2.12 bits per heavy atom. The molecule has 0 aliphatic carbocycles. The lowest BCUT2D eigenvalue weighted by atomic mass is 10.1. The number of carboxylic acids is 1. The fraction of sp³-hybridized carbons (Fsp3) is 0.438. The second kappa shape index (κ2) is 8.80. The number of carbonyl (C=O) groups excluding carboxylic acids is 1. The van der Waals surface area contributed by atoms with Gasteiger partial charge in [-0.1, -0.05) is 0 Å². The van der Waals surface area contributed by atoms with E-state index in [0.29, 0.717) is 24.5 Å². The molecule has 25 heavy (non-hydrogen) atoms. The van der Waals surface area contributed by atoms with Gasteiger partial charge >= 0.3 is 12.0 Å². The Kier molecular flexibility index (Phi) is 6.74. The second-order valence-electron chi connectivity index (χ2n) is 5.75. The first-order valence-electron chi connectivity index (χ1n) is 7.88. The molecule has 1 aromatic heterocycles. The number of hydrogen-bond donors (Lipinski definition) is 2. The number of ether oxygens (including phenoxy) is 1. The van der Waals surface area contributed by atoms with Crippen molar-refractivity contribution >= 4 is 36.3 Å². The molecule has 0 radical (unpaired) electrons. The number of fused-ring (bicyclic) bond motifs is 1. The Hall–Kier alpha value is -2.16. The molecule has 0 spiro atoms. The van der Waals surface area contributed by atoms with Crippen LogP contribution >= 0.6 is 12.4 Å². The summed E-state index contributed by atoms with van der Waals surface area (Å²) in [6.07, 6.45) is 4.10. The van der Waals surface area contributed by atoms with Gasteiger partial charge in [0.05, 0.1) is 19.8 Å². The van der Waals surface area contributed by atoms with Gasteiger partial charge in [-0.2, -0.15) is 0 Å². The number of morpholine rings is 1. The highest BCUT2D eigenvalue weighted by Gasteiger charge is 2.24. The van der Waals surface area contributed by atoms with Crippen LogP contribution in [0.25, 0.3) is 6.08 Å². The van der Waals surface area contributed by atoms with Crippen LogP contribution in [-0.2, 0) is 16.1 Å². The Morgan fingerprint density at radius 1 is 1.36 bits per heavy atom. The highest BCUT2D eigenvalue weighted by Crippen LogP contribution is 2.22. The summed E-state index contributed by atoms with van der Waals surface area (Å²) in [7, 11) is 0. The predicted molar refractivity (Wildman–Crippen MR) is 94.8 cm³/mol. The molecule has 2 N–H and O–H groups in total. The molecule has 0 unspecified atom stereocenters. The highest BCUT2D eigenvalue weighted by atomic mass is 35.5. The standard InChI is InChI=1S/C16H20N4O4.ClH/c21-14(22)2-1-12-9-13-11-20(16(23)18-15(13)17-10-12)4-3-19-5-7-24-8-6-19;/h1-2,9-10H,3-8,11H2,(H,21,22)(H,17,18,23);1H. The normalized spacial score (nSPS) is 17.8. The second-order valence-corrected chi connectivity index (χ2v) is 5.75. The highest BCUT2D eigenvalue weighted by molar-refractivity contribution is 5.91. The van der Waals surface area contributed by atoms with Crippen molar-refractivity contribution in [3.05, 3.63) is 29.5 Å². The van der Waals surface area contributed by atoms with Crippen LogP contribution < -0.4 is 5.32 Å². The smallest absolute Gasteiger partial charge is 0.328 e. The van der Waals surface area contributed by atoms with Crippen LogP contribution in [0.15, 0.2) is 18.3 Å². The third-order valence-electron chi connectivity index (χ3n) is 4.07. The number of aliphatic carboxylic acids is 1. The first-order valence-corrected chi connectivity index (χ1v) is 7.88. The van der Waals surface area contributed by atoms with Crippen LogP contribution in [0.4, 0.5) is 10.6 Å². The first kappa shape index (κ1) is 19.2. The van der Waals surface area contributed by atoms with E-state index in [2.05, 4.69) is 15.2 Å². The van der Waals surface area contributed by atoms with E-state index in [1.807, 2.05) is 6.07 Å². The lowest BCUT2D eigenvalue weighted by molar-refractivity contribution is -0.131. The number of nitrogens with zero attached hydrogens (tertiary/aromatic N) is 3. The van der Waals surface area contributed by atoms with E-state index in [1.54, 1.807) is 11.1 Å². The Balaban J connectivity index is 0.00000225. The fourth-order valence-corrected chi connectivity index (χ4v) is 2.75. The number of nitrogens with one attached hydrogen (secondary N) is 1. The molecule has 2 amide bonds. The van der Waals surface area contributed by atoms with E-state index in [-0.39, 0.29) is 18.4 Å². The molecule has 0 saturated carbocycles. The molecular formula is C16H21ClN4O4. The molecule has 136 valence electrons. The van der Waals surface area contributed by atoms with Gasteiger partial charge in [0.25, 0.3) is 0 Å². The fourth-order valence-electron chi connectivity index (χ4n) is 2.75. The van der Waals surface area contributed by atoms with Crippen molar-refractivity contribution in [3.63, 3.8) is 0 Å². The van der Waals surface area contributed by atoms with E-state index in [4.69, 9.17) is 9.84 Å². The molecule has 3 rings (SSSR count).